The topological polar surface area (TPSA) is 69.6 Å². The van der Waals surface area contributed by atoms with Crippen molar-refractivity contribution >= 4 is 11.8 Å². The highest BCUT2D eigenvalue weighted by molar-refractivity contribution is 5.71. The van der Waals surface area contributed by atoms with Crippen molar-refractivity contribution in [2.75, 3.05) is 37.6 Å². The molecule has 1 aliphatic heterocycles. The summed E-state index contributed by atoms with van der Waals surface area (Å²) in [5, 5.41) is 9.46. The first-order valence-electron chi connectivity index (χ1n) is 7.68. The lowest BCUT2D eigenvalue weighted by Crippen LogP contribution is -2.38. The van der Waals surface area contributed by atoms with Crippen molar-refractivity contribution in [3.05, 3.63) is 18.6 Å². The van der Waals surface area contributed by atoms with Crippen molar-refractivity contribution in [2.45, 2.75) is 19.3 Å². The minimum absolute atomic E-state index is 0.366. The fourth-order valence-corrected chi connectivity index (χ4v) is 3.11. The molecule has 1 N–H and O–H groups in total. The minimum Gasteiger partial charge on any atom is -0.481 e. The quantitative estimate of drug-likeness (QED) is 0.895. The Morgan fingerprint density at radius 3 is 2.76 bits per heavy atom. The predicted molar refractivity (Wildman–Crippen MR) is 79.2 cm³/mol. The van der Waals surface area contributed by atoms with Crippen LogP contribution in [-0.4, -0.2) is 58.7 Å². The van der Waals surface area contributed by atoms with Gasteiger partial charge in [0.2, 0.25) is 0 Å². The smallest absolute Gasteiger partial charge is 0.309 e. The van der Waals surface area contributed by atoms with Crippen molar-refractivity contribution in [1.82, 2.24) is 14.9 Å². The van der Waals surface area contributed by atoms with Crippen LogP contribution in [0, 0.1) is 11.8 Å². The van der Waals surface area contributed by atoms with E-state index in [0.717, 1.165) is 31.4 Å². The molecule has 6 heteroatoms. The second-order valence-corrected chi connectivity index (χ2v) is 6.10. The van der Waals surface area contributed by atoms with Crippen molar-refractivity contribution in [3.8, 4) is 0 Å². The maximum Gasteiger partial charge on any atom is 0.309 e. The zero-order valence-corrected chi connectivity index (χ0v) is 12.2. The molecule has 1 saturated heterocycles. The van der Waals surface area contributed by atoms with Crippen LogP contribution < -0.4 is 4.90 Å². The van der Waals surface area contributed by atoms with Gasteiger partial charge in [0.1, 0.15) is 5.82 Å². The van der Waals surface area contributed by atoms with Crippen LogP contribution in [0.25, 0.3) is 0 Å². The Balaban J connectivity index is 1.69. The average molecular weight is 290 g/mol. The van der Waals surface area contributed by atoms with Gasteiger partial charge in [0, 0.05) is 45.1 Å². The van der Waals surface area contributed by atoms with Crippen LogP contribution >= 0.6 is 0 Å². The van der Waals surface area contributed by atoms with E-state index in [9.17, 15) is 9.90 Å². The van der Waals surface area contributed by atoms with E-state index in [1.807, 2.05) is 4.90 Å². The van der Waals surface area contributed by atoms with E-state index < -0.39 is 5.97 Å². The van der Waals surface area contributed by atoms with Crippen molar-refractivity contribution < 1.29 is 9.90 Å². The highest BCUT2D eigenvalue weighted by Crippen LogP contribution is 2.28. The zero-order valence-electron chi connectivity index (χ0n) is 12.2. The summed E-state index contributed by atoms with van der Waals surface area (Å²) < 4.78 is 0. The van der Waals surface area contributed by atoms with E-state index in [2.05, 4.69) is 14.9 Å². The molecule has 114 valence electrons. The van der Waals surface area contributed by atoms with Crippen LogP contribution in [0.3, 0.4) is 0 Å². The standard InChI is InChI=1S/C15H22N4O2/c20-15(21)13-10-18(9-12-2-1-3-12)6-7-19(11-13)14-8-16-4-5-17-14/h4-5,8,12-13H,1-3,6-7,9-11H2,(H,20,21). The van der Waals surface area contributed by atoms with E-state index in [-0.39, 0.29) is 5.92 Å². The molecule has 1 aliphatic carbocycles. The highest BCUT2D eigenvalue weighted by Gasteiger charge is 2.30. The Morgan fingerprint density at radius 1 is 1.29 bits per heavy atom. The number of carbonyl (C=O) groups is 1. The lowest BCUT2D eigenvalue weighted by atomic mass is 9.85. The third-order valence-corrected chi connectivity index (χ3v) is 4.57. The molecule has 2 heterocycles. The molecule has 0 spiro atoms. The molecule has 0 aromatic carbocycles. The van der Waals surface area contributed by atoms with Crippen LogP contribution in [0.1, 0.15) is 19.3 Å². The molecule has 3 rings (SSSR count). The molecule has 21 heavy (non-hydrogen) atoms. The largest absolute Gasteiger partial charge is 0.481 e. The van der Waals surface area contributed by atoms with Gasteiger partial charge in [0.25, 0.3) is 0 Å². The summed E-state index contributed by atoms with van der Waals surface area (Å²) in [5.74, 6) is 0.454. The SMILES string of the molecule is O=C(O)C1CN(CC2CCC2)CCN(c2cnccn2)C1. The molecule has 1 aromatic rings. The summed E-state index contributed by atoms with van der Waals surface area (Å²) in [4.78, 5) is 24.3. The Hall–Kier alpha value is -1.69. The lowest BCUT2D eigenvalue weighted by Gasteiger charge is -2.32. The Morgan fingerprint density at radius 2 is 2.14 bits per heavy atom. The van der Waals surface area contributed by atoms with E-state index >= 15 is 0 Å². The molecule has 2 fully saturated rings. The number of hydrogen-bond acceptors (Lipinski definition) is 5. The number of aliphatic carboxylic acids is 1. The molecule has 0 amide bonds. The Kier molecular flexibility index (Phi) is 4.34. The average Bonchev–Trinajstić information content (AvgIpc) is 2.67. The number of carboxylic acid groups (broad SMARTS) is 1. The summed E-state index contributed by atoms with van der Waals surface area (Å²) in [6.45, 7) is 3.90. The Bertz CT molecular complexity index is 478. The van der Waals surface area contributed by atoms with E-state index in [4.69, 9.17) is 0 Å². The van der Waals surface area contributed by atoms with E-state index in [1.165, 1.54) is 19.3 Å². The third-order valence-electron chi connectivity index (χ3n) is 4.57. The number of aromatic nitrogens is 2. The van der Waals surface area contributed by atoms with Gasteiger partial charge < -0.3 is 14.9 Å². The Labute approximate surface area is 124 Å². The molecule has 1 saturated carbocycles. The molecule has 0 bridgehead atoms. The summed E-state index contributed by atoms with van der Waals surface area (Å²) in [7, 11) is 0. The van der Waals surface area contributed by atoms with Crippen LogP contribution in [0.15, 0.2) is 18.6 Å². The number of hydrogen-bond donors (Lipinski definition) is 1. The van der Waals surface area contributed by atoms with E-state index in [1.54, 1.807) is 18.6 Å². The normalized spacial score (nSPS) is 24.4. The predicted octanol–water partition coefficient (Wildman–Crippen LogP) is 1.10. The van der Waals surface area contributed by atoms with Gasteiger partial charge in [0.15, 0.2) is 0 Å². The van der Waals surface area contributed by atoms with Gasteiger partial charge in [0.05, 0.1) is 12.1 Å². The van der Waals surface area contributed by atoms with Crippen LogP contribution in [-0.2, 0) is 4.79 Å². The van der Waals surface area contributed by atoms with Crippen molar-refractivity contribution in [1.29, 1.82) is 0 Å². The second kappa shape index (κ2) is 6.39. The van der Waals surface area contributed by atoms with Crippen molar-refractivity contribution in [2.24, 2.45) is 11.8 Å². The third kappa shape index (κ3) is 3.50. The molecule has 1 unspecified atom stereocenters. The first-order valence-corrected chi connectivity index (χ1v) is 7.68. The van der Waals surface area contributed by atoms with Gasteiger partial charge in [-0.1, -0.05) is 6.42 Å². The molecular formula is C15H22N4O2. The van der Waals surface area contributed by atoms with Gasteiger partial charge in [-0.15, -0.1) is 0 Å². The number of anilines is 1. The highest BCUT2D eigenvalue weighted by atomic mass is 16.4. The first kappa shape index (κ1) is 14.3. The molecule has 2 aliphatic rings. The van der Waals surface area contributed by atoms with Crippen molar-refractivity contribution in [3.63, 3.8) is 0 Å². The van der Waals surface area contributed by atoms with E-state index in [0.29, 0.717) is 13.1 Å². The monoisotopic (exact) mass is 290 g/mol. The molecular weight excluding hydrogens is 268 g/mol. The summed E-state index contributed by atoms with van der Waals surface area (Å²) in [6, 6.07) is 0. The fraction of sp³-hybridized carbons (Fsp3) is 0.667. The summed E-state index contributed by atoms with van der Waals surface area (Å²) >= 11 is 0. The van der Waals surface area contributed by atoms with Crippen LogP contribution in [0.2, 0.25) is 0 Å². The maximum absolute atomic E-state index is 11.5. The number of nitrogens with zero attached hydrogens (tertiary/aromatic N) is 4. The first-order chi connectivity index (χ1) is 10.2. The fourth-order valence-electron chi connectivity index (χ4n) is 3.11. The van der Waals surface area contributed by atoms with Crippen LogP contribution in [0.5, 0.6) is 0 Å². The summed E-state index contributed by atoms with van der Waals surface area (Å²) in [6.07, 6.45) is 8.92. The van der Waals surface area contributed by atoms with Gasteiger partial charge in [-0.05, 0) is 18.8 Å². The maximum atomic E-state index is 11.5. The molecule has 1 aromatic heterocycles. The van der Waals surface area contributed by atoms with Gasteiger partial charge in [-0.2, -0.15) is 0 Å². The second-order valence-electron chi connectivity index (χ2n) is 6.10. The van der Waals surface area contributed by atoms with Gasteiger partial charge >= 0.3 is 5.97 Å². The zero-order chi connectivity index (χ0) is 14.7. The molecule has 6 nitrogen and oxygen atoms in total. The molecule has 0 radical (unpaired) electrons. The summed E-state index contributed by atoms with van der Waals surface area (Å²) in [5.41, 5.74) is 0. The van der Waals surface area contributed by atoms with Crippen LogP contribution in [0.4, 0.5) is 5.82 Å². The number of carboxylic acids is 1. The minimum atomic E-state index is -0.718. The lowest BCUT2D eigenvalue weighted by molar-refractivity contribution is -0.141. The van der Waals surface area contributed by atoms with Gasteiger partial charge in [-0.25, -0.2) is 4.98 Å². The van der Waals surface area contributed by atoms with Gasteiger partial charge in [-0.3, -0.25) is 9.78 Å². The number of rotatable bonds is 4. The molecule has 1 atom stereocenters.